The van der Waals surface area contributed by atoms with Gasteiger partial charge in [-0.2, -0.15) is 0 Å². The van der Waals surface area contributed by atoms with Gasteiger partial charge in [-0.1, -0.05) is 0 Å². The molecule has 2 N–H and O–H groups in total. The molecule has 7 heteroatoms. The van der Waals surface area contributed by atoms with Crippen LogP contribution in [0.25, 0.3) is 0 Å². The van der Waals surface area contributed by atoms with Crippen LogP contribution in [0.4, 0.5) is 0 Å². The fraction of sp³-hybridized carbons (Fsp3) is 0.250. The van der Waals surface area contributed by atoms with Gasteiger partial charge in [-0.15, -0.1) is 0 Å². The van der Waals surface area contributed by atoms with E-state index >= 15 is 0 Å². The number of hydrogen-bond donors (Lipinski definition) is 2. The van der Waals surface area contributed by atoms with Crippen LogP contribution in [0, 0.1) is 12.2 Å². The molecule has 0 fully saturated rings. The molecule has 81 valence electrons. The molecule has 0 aromatic rings. The first kappa shape index (κ1) is 16.9. The summed E-state index contributed by atoms with van der Waals surface area (Å²) in [5.41, 5.74) is 0. The van der Waals surface area contributed by atoms with Gasteiger partial charge in [0, 0.05) is 32.7 Å². The molecule has 0 aliphatic carbocycles. The molecule has 0 unspecified atom stereocenters. The van der Waals surface area contributed by atoms with E-state index in [0.717, 1.165) is 12.2 Å². The smallest absolute Gasteiger partial charge is 0.221 e. The first-order valence-electron chi connectivity index (χ1n) is 3.44. The topological polar surface area (TPSA) is 93.1 Å². The summed E-state index contributed by atoms with van der Waals surface area (Å²) < 4.78 is 8.13. The first-order chi connectivity index (χ1) is 6.70. The van der Waals surface area contributed by atoms with E-state index in [1.807, 2.05) is 12.2 Å². The number of rotatable bonds is 5. The van der Waals surface area contributed by atoms with Crippen LogP contribution in [0.5, 0.6) is 0 Å². The molecule has 0 heterocycles. The van der Waals surface area contributed by atoms with Crippen molar-refractivity contribution in [2.24, 2.45) is 0 Å². The zero-order chi connectivity index (χ0) is 10.8. The van der Waals surface area contributed by atoms with Crippen molar-refractivity contribution in [1.82, 2.24) is 0 Å². The Morgan fingerprint density at radius 3 is 1.60 bits per heavy atom. The number of ether oxygens (including phenoxy) is 2. The monoisotopic (exact) mass is 289 g/mol. The first-order valence-corrected chi connectivity index (χ1v) is 3.44. The Bertz CT molecular complexity index is 222. The van der Waals surface area contributed by atoms with Gasteiger partial charge < -0.3 is 31.8 Å². The van der Waals surface area contributed by atoms with E-state index in [0.29, 0.717) is 0 Å². The number of allylic oxidation sites excluding steroid dienone is 2. The van der Waals surface area contributed by atoms with Crippen LogP contribution in [-0.2, 0) is 51.8 Å². The van der Waals surface area contributed by atoms with Crippen LogP contribution < -0.4 is 0 Å². The second-order valence-corrected chi connectivity index (χ2v) is 1.74. The number of carbonyl (C=O) groups is 2. The number of esters is 2. The molecule has 1 radical (unpaired) electrons. The Labute approximate surface area is 111 Å². The average molecular weight is 289 g/mol. The number of carbonyl (C=O) groups excluding carboxylic acids is 2. The van der Waals surface area contributed by atoms with E-state index in [-0.39, 0.29) is 32.7 Å². The van der Waals surface area contributed by atoms with Gasteiger partial charge in [0.05, 0.1) is 0 Å². The normalized spacial score (nSPS) is 10.0. The molecule has 0 aliphatic rings. The zero-order valence-corrected chi connectivity index (χ0v) is 10.5. The molecule has 0 saturated carbocycles. The Kier molecular flexibility index (Phi) is 12.9. The summed E-state index contributed by atoms with van der Waals surface area (Å²) in [4.78, 5) is 21.0. The molecule has 0 atom stereocenters. The maximum absolute atomic E-state index is 10.5. The van der Waals surface area contributed by atoms with Crippen molar-refractivity contribution >= 4 is 11.9 Å². The van der Waals surface area contributed by atoms with E-state index in [9.17, 15) is 9.59 Å². The van der Waals surface area contributed by atoms with Crippen LogP contribution >= 0.6 is 0 Å². The van der Waals surface area contributed by atoms with E-state index in [1.165, 1.54) is 0 Å². The minimum absolute atomic E-state index is 0. The second-order valence-electron chi connectivity index (χ2n) is 1.74. The molecule has 0 saturated heterocycles. The van der Waals surface area contributed by atoms with Crippen molar-refractivity contribution in [3.05, 3.63) is 24.3 Å². The van der Waals surface area contributed by atoms with Gasteiger partial charge in [0.2, 0.25) is 11.9 Å². The maximum Gasteiger partial charge on any atom is 0.221 e. The minimum atomic E-state index is -0.874. The Balaban J connectivity index is 0. The third-order valence-corrected chi connectivity index (χ3v) is 0.877. The van der Waals surface area contributed by atoms with Gasteiger partial charge in [0.25, 0.3) is 0 Å². The molecule has 6 nitrogen and oxygen atoms in total. The second kappa shape index (κ2) is 11.5. The maximum atomic E-state index is 10.5. The summed E-state index contributed by atoms with van der Waals surface area (Å²) >= 11 is 0. The average Bonchev–Trinajstić information content (AvgIpc) is 2.13. The molecule has 0 amide bonds. The molecular weight excluding hydrogens is 281 g/mol. The SMILES string of the molecule is O=C([C-]=CC=[C-]C(=O)OCO)OCO.[Y]. The molecule has 0 aromatic heterocycles. The van der Waals surface area contributed by atoms with E-state index in [4.69, 9.17) is 10.2 Å². The summed E-state index contributed by atoms with van der Waals surface area (Å²) in [6.07, 6.45) is 6.20. The van der Waals surface area contributed by atoms with E-state index in [2.05, 4.69) is 9.47 Å². The summed E-state index contributed by atoms with van der Waals surface area (Å²) in [6, 6.07) is 0. The van der Waals surface area contributed by atoms with Crippen molar-refractivity contribution in [3.8, 4) is 0 Å². The number of hydrogen-bond acceptors (Lipinski definition) is 6. The third-order valence-electron chi connectivity index (χ3n) is 0.877. The number of aliphatic hydroxyl groups excluding tert-OH is 2. The van der Waals surface area contributed by atoms with Gasteiger partial charge in [-0.25, -0.2) is 0 Å². The Morgan fingerprint density at radius 2 is 1.33 bits per heavy atom. The molecule has 0 rings (SSSR count). The summed E-state index contributed by atoms with van der Waals surface area (Å²) in [5, 5.41) is 16.3. The van der Waals surface area contributed by atoms with Gasteiger partial charge in [0.15, 0.2) is 13.6 Å². The van der Waals surface area contributed by atoms with Crippen LogP contribution in [-0.4, -0.2) is 35.7 Å². The van der Waals surface area contributed by atoms with Gasteiger partial charge in [-0.05, 0) is 0 Å². The van der Waals surface area contributed by atoms with Crippen molar-refractivity contribution in [1.29, 1.82) is 0 Å². The van der Waals surface area contributed by atoms with Gasteiger partial charge in [-0.3, -0.25) is 21.7 Å². The fourth-order valence-electron chi connectivity index (χ4n) is 0.420. The Morgan fingerprint density at radius 1 is 1.00 bits per heavy atom. The predicted octanol–water partition coefficient (Wildman–Crippen LogP) is -1.31. The van der Waals surface area contributed by atoms with Crippen LogP contribution in [0.15, 0.2) is 12.2 Å². The molecule has 15 heavy (non-hydrogen) atoms. The van der Waals surface area contributed by atoms with Crippen molar-refractivity contribution in [2.45, 2.75) is 0 Å². The number of aliphatic hydroxyl groups is 2. The molecule has 0 spiro atoms. The zero-order valence-electron chi connectivity index (χ0n) is 7.67. The standard InChI is InChI=1S/C8H8O6.Y/c9-5-13-7(11)3-1-2-4-8(12)14-6-10;/h1-2,9-10H,5-6H2;/q-2;. The van der Waals surface area contributed by atoms with Crippen molar-refractivity contribution < 1.29 is 62.0 Å². The van der Waals surface area contributed by atoms with Crippen molar-refractivity contribution in [3.63, 3.8) is 0 Å². The third kappa shape index (κ3) is 11.4. The van der Waals surface area contributed by atoms with Gasteiger partial charge in [0.1, 0.15) is 0 Å². The largest absolute Gasteiger partial charge is 0.451 e. The predicted molar refractivity (Wildman–Crippen MR) is 42.0 cm³/mol. The molecule has 0 aliphatic heterocycles. The fourth-order valence-corrected chi connectivity index (χ4v) is 0.420. The van der Waals surface area contributed by atoms with Crippen LogP contribution in [0.3, 0.4) is 0 Å². The molecular formula is C8H8O6Y-2. The van der Waals surface area contributed by atoms with Crippen LogP contribution in [0.2, 0.25) is 0 Å². The van der Waals surface area contributed by atoms with E-state index < -0.39 is 25.5 Å². The summed E-state index contributed by atoms with van der Waals surface area (Å²) in [6.45, 7) is -1.47. The molecule has 0 aromatic carbocycles. The van der Waals surface area contributed by atoms with Crippen LogP contribution in [0.1, 0.15) is 0 Å². The summed E-state index contributed by atoms with van der Waals surface area (Å²) in [5.74, 6) is -1.75. The Hall–Kier alpha value is -0.556. The minimum Gasteiger partial charge on any atom is -0.451 e. The van der Waals surface area contributed by atoms with Crippen molar-refractivity contribution in [2.75, 3.05) is 13.6 Å². The quantitative estimate of drug-likeness (QED) is 0.215. The molecule has 0 bridgehead atoms. The van der Waals surface area contributed by atoms with Gasteiger partial charge >= 0.3 is 0 Å². The summed E-state index contributed by atoms with van der Waals surface area (Å²) in [7, 11) is 0. The van der Waals surface area contributed by atoms with E-state index in [1.54, 1.807) is 0 Å².